The van der Waals surface area contributed by atoms with Crippen molar-refractivity contribution in [1.29, 1.82) is 0 Å². The number of morpholine rings is 1. The molecule has 1 aliphatic rings. The molecule has 104 valence electrons. The molecule has 1 unspecified atom stereocenters. The maximum Gasteiger partial charge on any atom is 0.228 e. The van der Waals surface area contributed by atoms with Gasteiger partial charge in [-0.25, -0.2) is 0 Å². The predicted molar refractivity (Wildman–Crippen MR) is 73.6 cm³/mol. The van der Waals surface area contributed by atoms with Crippen molar-refractivity contribution in [2.24, 2.45) is 0 Å². The first-order valence-corrected chi connectivity index (χ1v) is 6.43. The number of nitrogens with one attached hydrogen (secondary N) is 1. The second-order valence-corrected chi connectivity index (χ2v) is 4.55. The summed E-state index contributed by atoms with van der Waals surface area (Å²) in [5.74, 6) is 0.749. The molecule has 1 N–H and O–H groups in total. The highest BCUT2D eigenvalue weighted by molar-refractivity contribution is 5.94. The molecule has 0 saturated carbocycles. The van der Waals surface area contributed by atoms with Gasteiger partial charge in [0.25, 0.3) is 0 Å². The lowest BCUT2D eigenvalue weighted by Crippen LogP contribution is -2.44. The molecule has 2 rings (SSSR count). The Bertz CT molecular complexity index is 430. The molecule has 5 nitrogen and oxygen atoms in total. The number of carbonyl (C=O) groups excluding carboxylic acids is 1. The van der Waals surface area contributed by atoms with E-state index in [4.69, 9.17) is 9.47 Å². The van der Waals surface area contributed by atoms with Gasteiger partial charge in [-0.3, -0.25) is 4.79 Å². The average molecular weight is 264 g/mol. The van der Waals surface area contributed by atoms with Crippen molar-refractivity contribution in [3.63, 3.8) is 0 Å². The van der Waals surface area contributed by atoms with Crippen LogP contribution in [0.1, 0.15) is 6.42 Å². The van der Waals surface area contributed by atoms with Crippen LogP contribution < -0.4 is 15.0 Å². The van der Waals surface area contributed by atoms with Gasteiger partial charge in [0.05, 0.1) is 26.0 Å². The average Bonchev–Trinajstić information content (AvgIpc) is 2.47. The summed E-state index contributed by atoms with van der Waals surface area (Å²) in [5, 5.41) is 3.28. The van der Waals surface area contributed by atoms with Crippen LogP contribution in [0.15, 0.2) is 24.3 Å². The first kappa shape index (κ1) is 13.8. The number of rotatable bonds is 4. The van der Waals surface area contributed by atoms with Crippen LogP contribution in [0, 0.1) is 0 Å². The van der Waals surface area contributed by atoms with Crippen LogP contribution in [0.25, 0.3) is 0 Å². The lowest BCUT2D eigenvalue weighted by molar-refractivity contribution is -0.119. The smallest absolute Gasteiger partial charge is 0.228 e. The maximum absolute atomic E-state index is 12.3. The number of amides is 1. The van der Waals surface area contributed by atoms with E-state index in [-0.39, 0.29) is 11.9 Å². The fourth-order valence-corrected chi connectivity index (χ4v) is 2.14. The number of benzene rings is 1. The van der Waals surface area contributed by atoms with E-state index < -0.39 is 0 Å². The Kier molecular flexibility index (Phi) is 4.76. The Hall–Kier alpha value is -1.59. The topological polar surface area (TPSA) is 50.8 Å². The van der Waals surface area contributed by atoms with E-state index in [1.54, 1.807) is 19.1 Å². The van der Waals surface area contributed by atoms with Gasteiger partial charge in [0, 0.05) is 26.1 Å². The number of carbonyl (C=O) groups is 1. The van der Waals surface area contributed by atoms with Crippen molar-refractivity contribution in [2.75, 3.05) is 38.8 Å². The zero-order valence-corrected chi connectivity index (χ0v) is 11.4. The summed E-state index contributed by atoms with van der Waals surface area (Å²) in [7, 11) is 3.37. The largest absolute Gasteiger partial charge is 0.495 e. The van der Waals surface area contributed by atoms with Crippen LogP contribution in [0.4, 0.5) is 5.69 Å². The molecule has 1 saturated heterocycles. The van der Waals surface area contributed by atoms with E-state index in [9.17, 15) is 4.79 Å². The van der Waals surface area contributed by atoms with Gasteiger partial charge in [-0.15, -0.1) is 0 Å². The number of para-hydroxylation sites is 2. The molecule has 1 aromatic rings. The summed E-state index contributed by atoms with van der Waals surface area (Å²) < 4.78 is 10.6. The minimum absolute atomic E-state index is 0.0486. The lowest BCUT2D eigenvalue weighted by Gasteiger charge is -2.26. The van der Waals surface area contributed by atoms with Crippen molar-refractivity contribution in [3.05, 3.63) is 24.3 Å². The minimum Gasteiger partial charge on any atom is -0.495 e. The summed E-state index contributed by atoms with van der Waals surface area (Å²) >= 11 is 0. The lowest BCUT2D eigenvalue weighted by atomic mass is 10.1. The molecular weight excluding hydrogens is 244 g/mol. The Morgan fingerprint density at radius 3 is 3.00 bits per heavy atom. The van der Waals surface area contributed by atoms with E-state index in [0.717, 1.165) is 12.2 Å². The molecule has 1 aliphatic heterocycles. The van der Waals surface area contributed by atoms with Crippen LogP contribution in [0.2, 0.25) is 0 Å². The normalized spacial score (nSPS) is 18.9. The van der Waals surface area contributed by atoms with Gasteiger partial charge in [0.1, 0.15) is 5.75 Å². The molecule has 1 amide bonds. The van der Waals surface area contributed by atoms with Crippen LogP contribution in [0.3, 0.4) is 0 Å². The molecular formula is C14H20N2O3. The minimum atomic E-state index is 0.0486. The molecule has 19 heavy (non-hydrogen) atoms. The molecule has 1 fully saturated rings. The molecule has 0 spiro atoms. The highest BCUT2D eigenvalue weighted by atomic mass is 16.5. The van der Waals surface area contributed by atoms with Crippen LogP contribution >= 0.6 is 0 Å². The fraction of sp³-hybridized carbons (Fsp3) is 0.500. The van der Waals surface area contributed by atoms with E-state index in [2.05, 4.69) is 5.32 Å². The zero-order valence-electron chi connectivity index (χ0n) is 11.4. The standard InChI is InChI=1S/C14H20N2O3/c1-16(12-5-3-4-6-13(12)18-2)14(17)9-11-10-19-8-7-15-11/h3-6,11,15H,7-10H2,1-2H3. The van der Waals surface area contributed by atoms with Crippen molar-refractivity contribution >= 4 is 11.6 Å². The summed E-state index contributed by atoms with van der Waals surface area (Å²) in [4.78, 5) is 13.9. The monoisotopic (exact) mass is 264 g/mol. The van der Waals surface area contributed by atoms with E-state index >= 15 is 0 Å². The number of ether oxygens (including phenoxy) is 2. The molecule has 0 radical (unpaired) electrons. The van der Waals surface area contributed by atoms with Gasteiger partial charge in [-0.2, -0.15) is 0 Å². The first-order valence-electron chi connectivity index (χ1n) is 6.43. The van der Waals surface area contributed by atoms with Gasteiger partial charge in [-0.1, -0.05) is 12.1 Å². The van der Waals surface area contributed by atoms with E-state index in [0.29, 0.717) is 25.4 Å². The SMILES string of the molecule is COc1ccccc1N(C)C(=O)CC1COCCN1. The van der Waals surface area contributed by atoms with E-state index in [1.165, 1.54) is 0 Å². The fourth-order valence-electron chi connectivity index (χ4n) is 2.14. The number of anilines is 1. The maximum atomic E-state index is 12.3. The predicted octanol–water partition coefficient (Wildman–Crippen LogP) is 1.04. The van der Waals surface area contributed by atoms with Crippen molar-refractivity contribution in [3.8, 4) is 5.75 Å². The Labute approximate surface area is 113 Å². The van der Waals surface area contributed by atoms with Gasteiger partial charge in [0.15, 0.2) is 0 Å². The highest BCUT2D eigenvalue weighted by Crippen LogP contribution is 2.27. The van der Waals surface area contributed by atoms with Gasteiger partial charge in [0.2, 0.25) is 5.91 Å². The van der Waals surface area contributed by atoms with Gasteiger partial charge in [-0.05, 0) is 12.1 Å². The Morgan fingerprint density at radius 2 is 2.32 bits per heavy atom. The molecule has 1 aromatic carbocycles. The summed E-state index contributed by atoms with van der Waals surface area (Å²) in [5.41, 5.74) is 0.784. The Balaban J connectivity index is 2.01. The third kappa shape index (κ3) is 3.45. The first-order chi connectivity index (χ1) is 9.22. The summed E-state index contributed by atoms with van der Waals surface area (Å²) in [6.07, 6.45) is 0.425. The Morgan fingerprint density at radius 1 is 1.53 bits per heavy atom. The van der Waals surface area contributed by atoms with Crippen LogP contribution in [-0.2, 0) is 9.53 Å². The molecule has 0 aromatic heterocycles. The van der Waals surface area contributed by atoms with Crippen molar-refractivity contribution in [1.82, 2.24) is 5.32 Å². The quantitative estimate of drug-likeness (QED) is 0.882. The van der Waals surface area contributed by atoms with Gasteiger partial charge < -0.3 is 19.7 Å². The molecule has 1 heterocycles. The summed E-state index contributed by atoms with van der Waals surface area (Å²) in [6.45, 7) is 2.11. The zero-order chi connectivity index (χ0) is 13.7. The second-order valence-electron chi connectivity index (χ2n) is 4.55. The third-order valence-electron chi connectivity index (χ3n) is 3.24. The van der Waals surface area contributed by atoms with Crippen LogP contribution in [0.5, 0.6) is 5.75 Å². The number of hydrogen-bond acceptors (Lipinski definition) is 4. The highest BCUT2D eigenvalue weighted by Gasteiger charge is 2.21. The molecule has 1 atom stereocenters. The molecule has 5 heteroatoms. The third-order valence-corrected chi connectivity index (χ3v) is 3.24. The number of hydrogen-bond donors (Lipinski definition) is 1. The van der Waals surface area contributed by atoms with Crippen LogP contribution in [-0.4, -0.2) is 45.9 Å². The second kappa shape index (κ2) is 6.54. The van der Waals surface area contributed by atoms with Crippen molar-refractivity contribution in [2.45, 2.75) is 12.5 Å². The van der Waals surface area contributed by atoms with E-state index in [1.807, 2.05) is 24.3 Å². The van der Waals surface area contributed by atoms with Gasteiger partial charge >= 0.3 is 0 Å². The molecule has 0 bridgehead atoms. The van der Waals surface area contributed by atoms with Crippen molar-refractivity contribution < 1.29 is 14.3 Å². The number of nitrogens with zero attached hydrogens (tertiary/aromatic N) is 1. The number of methoxy groups -OCH3 is 1. The summed E-state index contributed by atoms with van der Waals surface area (Å²) in [6, 6.07) is 7.60. The molecule has 0 aliphatic carbocycles.